The smallest absolute Gasteiger partial charge is 0.411 e. The largest absolute Gasteiger partial charge is 0.438 e. The third-order valence-corrected chi connectivity index (χ3v) is 10.8. The SMILES string of the molecule is C=CC[C@]1(c2ccccc2)CCN([C@@H](C)c2ccc(Br)cc2)C(=O)O1.C[C@@H](c1ccc(Br)cc1)N1CC[C@](CCO)(c2ccccc2)OC1=O. The van der Waals surface area contributed by atoms with Gasteiger partial charge < -0.3 is 24.4 Å². The van der Waals surface area contributed by atoms with E-state index in [0.717, 1.165) is 37.6 Å². The molecule has 6 rings (SSSR count). The Morgan fingerprint density at radius 1 is 0.700 bits per heavy atom. The van der Waals surface area contributed by atoms with Gasteiger partial charge in [0.05, 0.1) is 12.1 Å². The molecule has 4 atom stereocenters. The van der Waals surface area contributed by atoms with Crippen molar-refractivity contribution in [2.75, 3.05) is 19.7 Å². The molecule has 0 unspecified atom stereocenters. The minimum atomic E-state index is -0.747. The van der Waals surface area contributed by atoms with Crippen molar-refractivity contribution in [3.05, 3.63) is 153 Å². The molecule has 0 spiro atoms. The van der Waals surface area contributed by atoms with Gasteiger partial charge in [0.1, 0.15) is 11.2 Å². The highest BCUT2D eigenvalue weighted by Crippen LogP contribution is 2.41. The lowest BCUT2D eigenvalue weighted by molar-refractivity contribution is -0.0718. The van der Waals surface area contributed by atoms with Gasteiger partial charge in [-0.05, 0) is 60.4 Å². The zero-order valence-corrected chi connectivity index (χ0v) is 31.7. The molecule has 7 nitrogen and oxygen atoms in total. The molecule has 50 heavy (non-hydrogen) atoms. The summed E-state index contributed by atoms with van der Waals surface area (Å²) in [5, 5.41) is 9.50. The number of halogens is 2. The number of hydrogen-bond donors (Lipinski definition) is 1. The van der Waals surface area contributed by atoms with Crippen LogP contribution in [0, 0.1) is 0 Å². The van der Waals surface area contributed by atoms with E-state index in [4.69, 9.17) is 9.47 Å². The number of hydrogen-bond acceptors (Lipinski definition) is 5. The summed E-state index contributed by atoms with van der Waals surface area (Å²) >= 11 is 6.88. The average molecular weight is 805 g/mol. The van der Waals surface area contributed by atoms with Crippen LogP contribution < -0.4 is 0 Å². The minimum absolute atomic E-state index is 0.0234. The Labute approximate surface area is 312 Å². The van der Waals surface area contributed by atoms with E-state index in [9.17, 15) is 14.7 Å². The predicted molar refractivity (Wildman–Crippen MR) is 203 cm³/mol. The van der Waals surface area contributed by atoms with Gasteiger partial charge in [-0.3, -0.25) is 0 Å². The van der Waals surface area contributed by atoms with Crippen LogP contribution in [0.2, 0.25) is 0 Å². The maximum absolute atomic E-state index is 12.8. The maximum Gasteiger partial charge on any atom is 0.411 e. The molecule has 2 heterocycles. The van der Waals surface area contributed by atoms with Crippen molar-refractivity contribution in [2.45, 2.75) is 62.8 Å². The first-order chi connectivity index (χ1) is 24.1. The molecule has 4 aromatic carbocycles. The number of carbonyl (C=O) groups is 2. The van der Waals surface area contributed by atoms with Crippen molar-refractivity contribution in [1.82, 2.24) is 9.80 Å². The Morgan fingerprint density at radius 2 is 1.10 bits per heavy atom. The fourth-order valence-corrected chi connectivity index (χ4v) is 7.30. The number of ether oxygens (including phenoxy) is 2. The quantitative estimate of drug-likeness (QED) is 0.162. The molecule has 0 saturated carbocycles. The summed E-state index contributed by atoms with van der Waals surface area (Å²) in [6.45, 7) is 9.11. The number of benzene rings is 4. The van der Waals surface area contributed by atoms with Crippen LogP contribution in [0.4, 0.5) is 9.59 Å². The normalized spacial score (nSPS) is 21.6. The molecular formula is C41H44Br2N2O5. The highest BCUT2D eigenvalue weighted by molar-refractivity contribution is 9.10. The van der Waals surface area contributed by atoms with Crippen LogP contribution in [0.1, 0.15) is 73.9 Å². The van der Waals surface area contributed by atoms with Crippen LogP contribution in [0.25, 0.3) is 0 Å². The Kier molecular flexibility index (Phi) is 12.6. The van der Waals surface area contributed by atoms with Crippen molar-refractivity contribution in [2.24, 2.45) is 0 Å². The number of nitrogens with zero attached hydrogens (tertiary/aromatic N) is 2. The average Bonchev–Trinajstić information content (AvgIpc) is 3.13. The van der Waals surface area contributed by atoms with Crippen LogP contribution in [0.3, 0.4) is 0 Å². The van der Waals surface area contributed by atoms with Crippen LogP contribution >= 0.6 is 31.9 Å². The monoisotopic (exact) mass is 802 g/mol. The first kappa shape index (κ1) is 37.3. The van der Waals surface area contributed by atoms with Crippen LogP contribution in [-0.4, -0.2) is 46.8 Å². The van der Waals surface area contributed by atoms with Gasteiger partial charge >= 0.3 is 12.2 Å². The number of amides is 2. The fourth-order valence-electron chi connectivity index (χ4n) is 6.77. The fraction of sp³-hybridized carbons (Fsp3) is 0.317. The third-order valence-electron chi connectivity index (χ3n) is 9.78. The summed E-state index contributed by atoms with van der Waals surface area (Å²) in [4.78, 5) is 29.1. The maximum atomic E-state index is 12.8. The summed E-state index contributed by atoms with van der Waals surface area (Å²) in [6, 6.07) is 35.6. The summed E-state index contributed by atoms with van der Waals surface area (Å²) in [7, 11) is 0. The molecule has 2 aliphatic rings. The lowest BCUT2D eigenvalue weighted by Crippen LogP contribution is -2.49. The van der Waals surface area contributed by atoms with Crippen LogP contribution in [0.15, 0.2) is 131 Å². The number of cyclic esters (lactones) is 2. The molecule has 0 bridgehead atoms. The zero-order chi connectivity index (χ0) is 35.7. The number of aliphatic hydroxyl groups is 1. The lowest BCUT2D eigenvalue weighted by Gasteiger charge is -2.43. The van der Waals surface area contributed by atoms with Gasteiger partial charge in [-0.15, -0.1) is 6.58 Å². The second kappa shape index (κ2) is 16.9. The van der Waals surface area contributed by atoms with Gasteiger partial charge in [0.25, 0.3) is 0 Å². The Hall–Kier alpha value is -3.92. The molecule has 1 N–H and O–H groups in total. The van der Waals surface area contributed by atoms with Gasteiger partial charge in [0.2, 0.25) is 0 Å². The second-order valence-electron chi connectivity index (χ2n) is 12.8. The van der Waals surface area contributed by atoms with Crippen molar-refractivity contribution in [3.63, 3.8) is 0 Å². The first-order valence-electron chi connectivity index (χ1n) is 16.9. The van der Waals surface area contributed by atoms with Crippen molar-refractivity contribution in [1.29, 1.82) is 0 Å². The molecule has 2 saturated heterocycles. The Morgan fingerprint density at radius 3 is 1.50 bits per heavy atom. The zero-order valence-electron chi connectivity index (χ0n) is 28.5. The van der Waals surface area contributed by atoms with Crippen molar-refractivity contribution < 1.29 is 24.2 Å². The topological polar surface area (TPSA) is 79.3 Å². The molecular weight excluding hydrogens is 760 g/mol. The molecule has 9 heteroatoms. The van der Waals surface area contributed by atoms with E-state index in [-0.39, 0.29) is 30.9 Å². The molecule has 262 valence electrons. The highest BCUT2D eigenvalue weighted by Gasteiger charge is 2.44. The number of aliphatic hydroxyl groups excluding tert-OH is 1. The number of carbonyl (C=O) groups excluding carboxylic acids is 2. The Bertz CT molecular complexity index is 1720. The second-order valence-corrected chi connectivity index (χ2v) is 14.6. The van der Waals surface area contributed by atoms with Gasteiger partial charge in [-0.2, -0.15) is 0 Å². The lowest BCUT2D eigenvalue weighted by atomic mass is 9.85. The predicted octanol–water partition coefficient (Wildman–Crippen LogP) is 10.5. The summed E-state index contributed by atoms with van der Waals surface area (Å²) in [6.07, 6.45) is 3.65. The molecule has 2 aliphatic heterocycles. The standard InChI is InChI=1S/C21H22BrNO2.C20H22BrNO3/c1-3-13-21(18-7-5-4-6-8-18)14-15-23(20(24)25-21)16(2)17-9-11-19(22)12-10-17;1-15(16-7-9-18(21)10-8-16)22-13-11-20(12-14-23,25-19(22)24)17-5-3-2-4-6-17/h3-12,16H,1,13-15H2,2H3;2-10,15,23H,11-14H2,1H3/t16-,21+;15-,20-/m00/s1. The van der Waals surface area contributed by atoms with E-state index in [1.54, 1.807) is 9.80 Å². The summed E-state index contributed by atoms with van der Waals surface area (Å²) in [5.41, 5.74) is 2.76. The van der Waals surface area contributed by atoms with Crippen LogP contribution in [0.5, 0.6) is 0 Å². The van der Waals surface area contributed by atoms with Gasteiger partial charge in [-0.1, -0.05) is 123 Å². The molecule has 0 aromatic heterocycles. The third kappa shape index (κ3) is 8.50. The molecule has 4 aromatic rings. The highest BCUT2D eigenvalue weighted by atomic mass is 79.9. The summed E-state index contributed by atoms with van der Waals surface area (Å²) in [5.74, 6) is 0. The molecule has 2 fully saturated rings. The van der Waals surface area contributed by atoms with Crippen molar-refractivity contribution >= 4 is 44.0 Å². The van der Waals surface area contributed by atoms with E-state index in [0.29, 0.717) is 32.4 Å². The van der Waals surface area contributed by atoms with Crippen molar-refractivity contribution in [3.8, 4) is 0 Å². The van der Waals surface area contributed by atoms with E-state index < -0.39 is 11.2 Å². The molecule has 0 radical (unpaired) electrons. The van der Waals surface area contributed by atoms with E-state index >= 15 is 0 Å². The molecule has 2 amide bonds. The number of rotatable bonds is 10. The van der Waals surface area contributed by atoms with E-state index in [2.05, 4.69) is 38.4 Å². The van der Waals surface area contributed by atoms with Gasteiger partial charge in [0, 0.05) is 54.3 Å². The molecule has 0 aliphatic carbocycles. The van der Waals surface area contributed by atoms with Gasteiger partial charge in [0.15, 0.2) is 0 Å². The van der Waals surface area contributed by atoms with E-state index in [1.165, 1.54) is 0 Å². The van der Waals surface area contributed by atoms with E-state index in [1.807, 2.05) is 129 Å². The van der Waals surface area contributed by atoms with Crippen LogP contribution in [-0.2, 0) is 20.7 Å². The first-order valence-corrected chi connectivity index (χ1v) is 18.5. The minimum Gasteiger partial charge on any atom is -0.438 e. The Balaban J connectivity index is 0.000000194. The summed E-state index contributed by atoms with van der Waals surface area (Å²) < 4.78 is 13.9. The van der Waals surface area contributed by atoms with Gasteiger partial charge in [-0.25, -0.2) is 9.59 Å².